The average molecular weight is 506 g/mol. The van der Waals surface area contributed by atoms with Gasteiger partial charge in [0.25, 0.3) is 5.91 Å². The van der Waals surface area contributed by atoms with Gasteiger partial charge in [-0.1, -0.05) is 0 Å². The van der Waals surface area contributed by atoms with Gasteiger partial charge in [0.15, 0.2) is 5.82 Å². The fourth-order valence-corrected chi connectivity index (χ4v) is 4.63. The molecular weight excluding hydrogens is 479 g/mol. The summed E-state index contributed by atoms with van der Waals surface area (Å²) in [5.41, 5.74) is 1.36. The van der Waals surface area contributed by atoms with E-state index in [0.29, 0.717) is 44.2 Å². The van der Waals surface area contributed by atoms with Crippen molar-refractivity contribution in [1.82, 2.24) is 15.3 Å². The summed E-state index contributed by atoms with van der Waals surface area (Å²) in [5, 5.41) is 4.75. The highest BCUT2D eigenvalue weighted by atomic mass is 19.4. The third kappa shape index (κ3) is 4.74. The Morgan fingerprint density at radius 1 is 1.14 bits per heavy atom. The lowest BCUT2D eigenvalue weighted by atomic mass is 10.1. The van der Waals surface area contributed by atoms with Gasteiger partial charge in [-0.15, -0.1) is 0 Å². The highest BCUT2D eigenvalue weighted by molar-refractivity contribution is 6.05. The van der Waals surface area contributed by atoms with Crippen molar-refractivity contribution in [3.8, 4) is 0 Å². The van der Waals surface area contributed by atoms with Crippen LogP contribution >= 0.6 is 0 Å². The number of alkyl halides is 3. The molecule has 0 spiro atoms. The van der Waals surface area contributed by atoms with E-state index in [1.54, 1.807) is 18.3 Å². The fraction of sp³-hybridized carbons (Fsp3) is 0.478. The number of nitrogens with zero attached hydrogens (tertiary/aromatic N) is 5. The fourth-order valence-electron chi connectivity index (χ4n) is 4.63. The largest absolute Gasteiger partial charge is 0.408 e. The molecule has 0 saturated carbocycles. The lowest BCUT2D eigenvalue weighted by Crippen LogP contribution is -2.49. The molecule has 3 amide bonds. The molecule has 2 saturated heterocycles. The van der Waals surface area contributed by atoms with Gasteiger partial charge in [-0.3, -0.25) is 15.0 Å². The summed E-state index contributed by atoms with van der Waals surface area (Å²) in [4.78, 5) is 40.2. The number of nitrogens with one attached hydrogen (secondary N) is 2. The normalized spacial score (nSPS) is 20.1. The van der Waals surface area contributed by atoms with Gasteiger partial charge >= 0.3 is 12.2 Å². The minimum absolute atomic E-state index is 0.195. The summed E-state index contributed by atoms with van der Waals surface area (Å²) in [6.07, 6.45) is -2.27. The Hall–Kier alpha value is -3.61. The summed E-state index contributed by atoms with van der Waals surface area (Å²) >= 11 is 0. The molecule has 0 aliphatic carbocycles. The number of aromatic nitrogens is 2. The SMILES string of the molecule is CC(NC(=O)c1ccc2c(n1)N(C(=O)Nc1cc(N3CCOCC3)ccn1)[C@H]1CCN2C1)C(F)(F)F. The number of ether oxygens (including phenoxy) is 1. The van der Waals surface area contributed by atoms with Crippen LogP contribution in [0.1, 0.15) is 23.8 Å². The monoisotopic (exact) mass is 505 g/mol. The Labute approximate surface area is 205 Å². The van der Waals surface area contributed by atoms with Crippen LogP contribution < -0.4 is 25.3 Å². The second-order valence-corrected chi connectivity index (χ2v) is 8.96. The molecule has 2 aromatic heterocycles. The maximum atomic E-state index is 13.4. The molecule has 0 aromatic carbocycles. The van der Waals surface area contributed by atoms with Crippen LogP contribution in [-0.2, 0) is 4.74 Å². The van der Waals surface area contributed by atoms with Crippen molar-refractivity contribution in [2.45, 2.75) is 31.6 Å². The van der Waals surface area contributed by atoms with E-state index in [2.05, 4.69) is 20.2 Å². The van der Waals surface area contributed by atoms with E-state index in [1.165, 1.54) is 11.0 Å². The molecule has 10 nitrogen and oxygen atoms in total. The average Bonchev–Trinajstić information content (AvgIpc) is 3.28. The number of anilines is 4. The standard InChI is InChI=1S/C23H26F3N7O3/c1-14(23(24,25)26)28-21(34)17-2-3-18-20(29-17)33(16-5-7-32(18)13-16)22(35)30-19-12-15(4-6-27-19)31-8-10-36-11-9-31/h2-4,6,12,14,16H,5,7-11,13H2,1H3,(H,28,34)(H,27,30,35)/t14?,16-/m0/s1. The molecule has 5 rings (SSSR count). The Kier molecular flexibility index (Phi) is 6.33. The first-order valence-electron chi connectivity index (χ1n) is 11.7. The molecule has 3 aliphatic rings. The van der Waals surface area contributed by atoms with Crippen LogP contribution in [0.2, 0.25) is 0 Å². The van der Waals surface area contributed by atoms with Gasteiger partial charge in [0.1, 0.15) is 17.6 Å². The third-order valence-corrected chi connectivity index (χ3v) is 6.60. The van der Waals surface area contributed by atoms with Crippen molar-refractivity contribution in [1.29, 1.82) is 0 Å². The molecule has 2 bridgehead atoms. The Bertz CT molecular complexity index is 1160. The van der Waals surface area contributed by atoms with Crippen LogP contribution in [0, 0.1) is 0 Å². The molecule has 2 atom stereocenters. The molecular formula is C23H26F3N7O3. The first-order chi connectivity index (χ1) is 17.2. The molecule has 5 heterocycles. The van der Waals surface area contributed by atoms with Gasteiger partial charge < -0.3 is 19.9 Å². The lowest BCUT2D eigenvalue weighted by molar-refractivity contribution is -0.149. The zero-order chi connectivity index (χ0) is 25.4. The maximum absolute atomic E-state index is 13.4. The molecule has 1 unspecified atom stereocenters. The molecule has 2 fully saturated rings. The van der Waals surface area contributed by atoms with Gasteiger partial charge in [-0.25, -0.2) is 14.8 Å². The first-order valence-corrected chi connectivity index (χ1v) is 11.7. The Morgan fingerprint density at radius 2 is 1.92 bits per heavy atom. The molecule has 2 aromatic rings. The smallest absolute Gasteiger partial charge is 0.378 e. The minimum Gasteiger partial charge on any atom is -0.378 e. The predicted octanol–water partition coefficient (Wildman–Crippen LogP) is 2.62. The van der Waals surface area contributed by atoms with Crippen LogP contribution in [0.5, 0.6) is 0 Å². The summed E-state index contributed by atoms with van der Waals surface area (Å²) in [5.74, 6) is -0.368. The predicted molar refractivity (Wildman–Crippen MR) is 127 cm³/mol. The van der Waals surface area contributed by atoms with Crippen LogP contribution in [0.3, 0.4) is 0 Å². The molecule has 0 radical (unpaired) electrons. The molecule has 2 N–H and O–H groups in total. The lowest BCUT2D eigenvalue weighted by Gasteiger charge is -2.35. The summed E-state index contributed by atoms with van der Waals surface area (Å²) in [7, 11) is 0. The number of morpholine rings is 1. The number of hydrogen-bond acceptors (Lipinski definition) is 7. The van der Waals surface area contributed by atoms with E-state index < -0.39 is 24.2 Å². The molecule has 192 valence electrons. The number of urea groups is 1. The van der Waals surface area contributed by atoms with E-state index in [9.17, 15) is 22.8 Å². The second kappa shape index (κ2) is 9.45. The molecule has 13 heteroatoms. The highest BCUT2D eigenvalue weighted by Crippen LogP contribution is 2.39. The quantitative estimate of drug-likeness (QED) is 0.659. The van der Waals surface area contributed by atoms with E-state index in [0.717, 1.165) is 25.7 Å². The number of amides is 3. The van der Waals surface area contributed by atoms with Crippen LogP contribution in [-0.4, -0.2) is 79.6 Å². The highest BCUT2D eigenvalue weighted by Gasteiger charge is 2.41. The van der Waals surface area contributed by atoms with Gasteiger partial charge in [-0.05, 0) is 31.5 Å². The van der Waals surface area contributed by atoms with Gasteiger partial charge in [0.2, 0.25) is 0 Å². The molecule has 3 aliphatic heterocycles. The number of carbonyl (C=O) groups is 2. The number of fused-ring (bicyclic) bond motifs is 4. The Morgan fingerprint density at radius 3 is 2.67 bits per heavy atom. The van der Waals surface area contributed by atoms with Crippen LogP contribution in [0.25, 0.3) is 0 Å². The van der Waals surface area contributed by atoms with E-state index in [4.69, 9.17) is 4.74 Å². The number of hydrogen-bond donors (Lipinski definition) is 2. The first kappa shape index (κ1) is 24.1. The summed E-state index contributed by atoms with van der Waals surface area (Å²) in [6, 6.07) is 3.94. The van der Waals surface area contributed by atoms with Crippen molar-refractivity contribution in [3.05, 3.63) is 36.2 Å². The summed E-state index contributed by atoms with van der Waals surface area (Å²) < 4.78 is 44.1. The van der Waals surface area contributed by atoms with Gasteiger partial charge in [0.05, 0.1) is 24.9 Å². The van der Waals surface area contributed by atoms with Crippen molar-refractivity contribution < 1.29 is 27.5 Å². The maximum Gasteiger partial charge on any atom is 0.408 e. The summed E-state index contributed by atoms with van der Waals surface area (Å²) in [6.45, 7) is 4.86. The minimum atomic E-state index is -4.58. The number of rotatable bonds is 4. The second-order valence-electron chi connectivity index (χ2n) is 8.96. The van der Waals surface area contributed by atoms with E-state index in [1.807, 2.05) is 16.3 Å². The zero-order valence-electron chi connectivity index (χ0n) is 19.6. The van der Waals surface area contributed by atoms with Gasteiger partial charge in [-0.2, -0.15) is 13.2 Å². The van der Waals surface area contributed by atoms with Crippen molar-refractivity contribution in [2.24, 2.45) is 0 Å². The Balaban J connectivity index is 1.38. The van der Waals surface area contributed by atoms with Crippen molar-refractivity contribution in [3.63, 3.8) is 0 Å². The van der Waals surface area contributed by atoms with E-state index >= 15 is 0 Å². The number of carbonyl (C=O) groups excluding carboxylic acids is 2. The molecule has 36 heavy (non-hydrogen) atoms. The van der Waals surface area contributed by atoms with Crippen LogP contribution in [0.4, 0.5) is 41.0 Å². The van der Waals surface area contributed by atoms with Crippen molar-refractivity contribution in [2.75, 3.05) is 59.4 Å². The van der Waals surface area contributed by atoms with Gasteiger partial charge in [0, 0.05) is 44.1 Å². The zero-order valence-corrected chi connectivity index (χ0v) is 19.6. The van der Waals surface area contributed by atoms with E-state index in [-0.39, 0.29) is 17.6 Å². The number of pyridine rings is 2. The van der Waals surface area contributed by atoms with Crippen molar-refractivity contribution >= 4 is 34.9 Å². The number of halogens is 3. The third-order valence-electron chi connectivity index (χ3n) is 6.60. The topological polar surface area (TPSA) is 103 Å². The van der Waals surface area contributed by atoms with Crippen LogP contribution in [0.15, 0.2) is 30.5 Å².